The second-order valence-electron chi connectivity index (χ2n) is 4.94. The molecule has 0 aliphatic heterocycles. The van der Waals surface area contributed by atoms with E-state index in [0.717, 1.165) is 25.5 Å². The summed E-state index contributed by atoms with van der Waals surface area (Å²) in [7, 11) is 3.47. The SMILES string of the molecule is CN=C(NCCOC)NCCc1c(C)[nH]c2ccccc12.I. The maximum absolute atomic E-state index is 5.01. The Morgan fingerprint density at radius 1 is 1.23 bits per heavy atom. The fourth-order valence-corrected chi connectivity index (χ4v) is 2.45. The Balaban J connectivity index is 0.00000242. The lowest BCUT2D eigenvalue weighted by Gasteiger charge is -2.11. The number of aromatic amines is 1. The predicted molar refractivity (Wildman–Crippen MR) is 103 cm³/mol. The minimum absolute atomic E-state index is 0. The van der Waals surface area contributed by atoms with Gasteiger partial charge in [0, 0.05) is 43.8 Å². The van der Waals surface area contributed by atoms with Crippen molar-refractivity contribution in [3.63, 3.8) is 0 Å². The molecule has 0 spiro atoms. The molecule has 0 saturated heterocycles. The first-order valence-electron chi connectivity index (χ1n) is 7.26. The molecule has 3 N–H and O–H groups in total. The molecule has 1 aromatic heterocycles. The molecule has 0 aliphatic rings. The van der Waals surface area contributed by atoms with Crippen LogP contribution in [0, 0.1) is 6.92 Å². The van der Waals surface area contributed by atoms with Crippen LogP contribution in [-0.2, 0) is 11.2 Å². The summed E-state index contributed by atoms with van der Waals surface area (Å²) < 4.78 is 5.01. The molecule has 0 fully saturated rings. The number of hydrogen-bond acceptors (Lipinski definition) is 2. The molecule has 1 heterocycles. The van der Waals surface area contributed by atoms with Gasteiger partial charge in [0.25, 0.3) is 0 Å². The number of aliphatic imine (C=N–C) groups is 1. The van der Waals surface area contributed by atoms with Gasteiger partial charge in [-0.2, -0.15) is 0 Å². The van der Waals surface area contributed by atoms with E-state index in [0.29, 0.717) is 6.61 Å². The van der Waals surface area contributed by atoms with Crippen molar-refractivity contribution in [2.45, 2.75) is 13.3 Å². The van der Waals surface area contributed by atoms with E-state index in [1.807, 2.05) is 0 Å². The van der Waals surface area contributed by atoms with Crippen molar-refractivity contribution in [3.8, 4) is 0 Å². The number of aromatic nitrogens is 1. The lowest BCUT2D eigenvalue weighted by Crippen LogP contribution is -2.39. The van der Waals surface area contributed by atoms with Gasteiger partial charge in [-0.3, -0.25) is 4.99 Å². The van der Waals surface area contributed by atoms with Crippen molar-refractivity contribution in [2.24, 2.45) is 4.99 Å². The predicted octanol–water partition coefficient (Wildman–Crippen LogP) is 2.45. The molecule has 22 heavy (non-hydrogen) atoms. The van der Waals surface area contributed by atoms with Gasteiger partial charge in [0.05, 0.1) is 6.61 Å². The first-order valence-corrected chi connectivity index (χ1v) is 7.26. The summed E-state index contributed by atoms with van der Waals surface area (Å²) in [5, 5.41) is 7.84. The van der Waals surface area contributed by atoms with Crippen LogP contribution in [0.5, 0.6) is 0 Å². The molecule has 0 bridgehead atoms. The number of rotatable bonds is 6. The maximum atomic E-state index is 5.01. The van der Waals surface area contributed by atoms with Gasteiger partial charge in [-0.25, -0.2) is 0 Å². The van der Waals surface area contributed by atoms with Crippen LogP contribution < -0.4 is 10.6 Å². The first-order chi connectivity index (χ1) is 10.3. The number of methoxy groups -OCH3 is 1. The molecule has 0 amide bonds. The zero-order chi connectivity index (χ0) is 15.1. The number of H-pyrrole nitrogens is 1. The zero-order valence-electron chi connectivity index (χ0n) is 13.4. The van der Waals surface area contributed by atoms with Gasteiger partial charge in [0.15, 0.2) is 5.96 Å². The van der Waals surface area contributed by atoms with Crippen molar-refractivity contribution in [2.75, 3.05) is 33.9 Å². The van der Waals surface area contributed by atoms with Gasteiger partial charge in [0.1, 0.15) is 0 Å². The molecule has 0 saturated carbocycles. The molecule has 0 atom stereocenters. The fourth-order valence-electron chi connectivity index (χ4n) is 2.45. The molecular weight excluding hydrogens is 391 g/mol. The summed E-state index contributed by atoms with van der Waals surface area (Å²) in [6, 6.07) is 8.42. The monoisotopic (exact) mass is 416 g/mol. The van der Waals surface area contributed by atoms with Gasteiger partial charge >= 0.3 is 0 Å². The number of aryl methyl sites for hydroxylation is 1. The fraction of sp³-hybridized carbons (Fsp3) is 0.438. The van der Waals surface area contributed by atoms with E-state index in [1.54, 1.807) is 14.2 Å². The topological polar surface area (TPSA) is 61.4 Å². The molecule has 2 rings (SSSR count). The van der Waals surface area contributed by atoms with Gasteiger partial charge in [-0.15, -0.1) is 24.0 Å². The number of nitrogens with one attached hydrogen (secondary N) is 3. The van der Waals surface area contributed by atoms with Crippen molar-refractivity contribution >= 4 is 40.8 Å². The third-order valence-electron chi connectivity index (χ3n) is 3.52. The quantitative estimate of drug-likeness (QED) is 0.294. The Morgan fingerprint density at radius 3 is 2.68 bits per heavy atom. The number of hydrogen-bond donors (Lipinski definition) is 3. The second-order valence-corrected chi connectivity index (χ2v) is 4.94. The summed E-state index contributed by atoms with van der Waals surface area (Å²) in [6.45, 7) is 4.39. The number of para-hydroxylation sites is 1. The van der Waals surface area contributed by atoms with Gasteiger partial charge in [-0.1, -0.05) is 18.2 Å². The van der Waals surface area contributed by atoms with E-state index in [2.05, 4.69) is 51.8 Å². The number of ether oxygens (including phenoxy) is 1. The van der Waals surface area contributed by atoms with Gasteiger partial charge < -0.3 is 20.4 Å². The lowest BCUT2D eigenvalue weighted by atomic mass is 10.1. The summed E-state index contributed by atoms with van der Waals surface area (Å²) >= 11 is 0. The normalized spacial score (nSPS) is 11.3. The number of nitrogens with zero attached hydrogens (tertiary/aromatic N) is 1. The molecule has 122 valence electrons. The highest BCUT2D eigenvalue weighted by atomic mass is 127. The molecule has 5 nitrogen and oxygen atoms in total. The van der Waals surface area contributed by atoms with Crippen molar-refractivity contribution in [3.05, 3.63) is 35.5 Å². The smallest absolute Gasteiger partial charge is 0.191 e. The van der Waals surface area contributed by atoms with E-state index in [9.17, 15) is 0 Å². The average Bonchev–Trinajstić information content (AvgIpc) is 2.82. The van der Waals surface area contributed by atoms with E-state index in [1.165, 1.54) is 22.2 Å². The van der Waals surface area contributed by atoms with Crippen LogP contribution in [-0.4, -0.2) is 44.8 Å². The Labute approximate surface area is 148 Å². The van der Waals surface area contributed by atoms with E-state index >= 15 is 0 Å². The average molecular weight is 416 g/mol. The molecule has 0 aliphatic carbocycles. The minimum Gasteiger partial charge on any atom is -0.383 e. The molecule has 0 unspecified atom stereocenters. The molecule has 6 heteroatoms. The van der Waals surface area contributed by atoms with Crippen molar-refractivity contribution in [1.29, 1.82) is 0 Å². The third kappa shape index (κ3) is 4.88. The van der Waals surface area contributed by atoms with Crippen LogP contribution in [0.3, 0.4) is 0 Å². The minimum atomic E-state index is 0. The van der Waals surface area contributed by atoms with Crippen molar-refractivity contribution in [1.82, 2.24) is 15.6 Å². The summed E-state index contributed by atoms with van der Waals surface area (Å²) in [4.78, 5) is 7.63. The van der Waals surface area contributed by atoms with Crippen molar-refractivity contribution < 1.29 is 4.74 Å². The van der Waals surface area contributed by atoms with E-state index in [4.69, 9.17) is 4.74 Å². The van der Waals surface area contributed by atoms with Crippen LogP contribution in [0.2, 0.25) is 0 Å². The van der Waals surface area contributed by atoms with Crippen LogP contribution >= 0.6 is 24.0 Å². The van der Waals surface area contributed by atoms with E-state index in [-0.39, 0.29) is 24.0 Å². The Kier molecular flexibility index (Phi) is 8.26. The number of halogens is 1. The Bertz CT molecular complexity index is 609. The molecule has 2 aromatic rings. The number of guanidine groups is 1. The standard InChI is InChI=1S/C16H24N4O.HI/c1-12-13(14-6-4-5-7-15(14)20-12)8-9-18-16(17-2)19-10-11-21-3;/h4-7,20H,8-11H2,1-3H3,(H2,17,18,19);1H. The highest BCUT2D eigenvalue weighted by molar-refractivity contribution is 14.0. The second kappa shape index (κ2) is 9.68. The Morgan fingerprint density at radius 2 is 1.95 bits per heavy atom. The van der Waals surface area contributed by atoms with E-state index < -0.39 is 0 Å². The maximum Gasteiger partial charge on any atom is 0.191 e. The van der Waals surface area contributed by atoms with Crippen LogP contribution in [0.15, 0.2) is 29.3 Å². The summed E-state index contributed by atoms with van der Waals surface area (Å²) in [6.07, 6.45) is 0.959. The molecule has 1 aromatic carbocycles. The third-order valence-corrected chi connectivity index (χ3v) is 3.52. The highest BCUT2D eigenvalue weighted by Crippen LogP contribution is 2.21. The van der Waals surface area contributed by atoms with Gasteiger partial charge in [-0.05, 0) is 25.0 Å². The molecular formula is C16H25IN4O. The largest absolute Gasteiger partial charge is 0.383 e. The van der Waals surface area contributed by atoms with Gasteiger partial charge in [0.2, 0.25) is 0 Å². The summed E-state index contributed by atoms with van der Waals surface area (Å²) in [5.41, 5.74) is 3.80. The lowest BCUT2D eigenvalue weighted by molar-refractivity contribution is 0.203. The van der Waals surface area contributed by atoms with Crippen LogP contribution in [0.4, 0.5) is 0 Å². The van der Waals surface area contributed by atoms with Crippen LogP contribution in [0.1, 0.15) is 11.3 Å². The summed E-state index contributed by atoms with van der Waals surface area (Å²) in [5.74, 6) is 0.810. The molecule has 0 radical (unpaired) electrons. The zero-order valence-corrected chi connectivity index (χ0v) is 15.7. The number of fused-ring (bicyclic) bond motifs is 1. The number of benzene rings is 1. The Hall–Kier alpha value is -1.28. The highest BCUT2D eigenvalue weighted by Gasteiger charge is 2.07. The first kappa shape index (κ1) is 18.8. The van der Waals surface area contributed by atoms with Crippen LogP contribution in [0.25, 0.3) is 10.9 Å².